The summed E-state index contributed by atoms with van der Waals surface area (Å²) >= 11 is 0. The Morgan fingerprint density at radius 1 is 1.35 bits per heavy atom. The zero-order chi connectivity index (χ0) is 14.7. The van der Waals surface area contributed by atoms with Crippen LogP contribution in [0.15, 0.2) is 18.2 Å². The fraction of sp³-hybridized carbons (Fsp3) is 0.533. The van der Waals surface area contributed by atoms with E-state index in [1.807, 2.05) is 0 Å². The number of benzene rings is 1. The van der Waals surface area contributed by atoms with Gasteiger partial charge in [-0.1, -0.05) is 18.9 Å². The average Bonchev–Trinajstić information content (AvgIpc) is 2.41. The Kier molecular flexibility index (Phi) is 4.70. The normalized spacial score (nSPS) is 22.6. The molecule has 2 rings (SSSR count). The van der Waals surface area contributed by atoms with Crippen LogP contribution in [-0.2, 0) is 11.2 Å². The van der Waals surface area contributed by atoms with Crippen molar-refractivity contribution >= 4 is 5.91 Å². The molecular weight excluding hydrogens is 262 g/mol. The molecule has 2 unspecified atom stereocenters. The van der Waals surface area contributed by atoms with E-state index in [-0.39, 0.29) is 30.0 Å². The summed E-state index contributed by atoms with van der Waals surface area (Å²) in [6.07, 6.45) is 3.88. The molecule has 1 aromatic carbocycles. The monoisotopic (exact) mass is 282 g/mol. The topological polar surface area (TPSA) is 46.3 Å². The quantitative estimate of drug-likeness (QED) is 0.924. The highest BCUT2D eigenvalue weighted by Gasteiger charge is 2.28. The molecule has 0 radical (unpaired) electrons. The number of hydrogen-bond acceptors (Lipinski definition) is 2. The van der Waals surface area contributed by atoms with Gasteiger partial charge in [0.1, 0.15) is 11.6 Å². The van der Waals surface area contributed by atoms with Crippen molar-refractivity contribution in [1.82, 2.24) is 4.90 Å². The van der Waals surface area contributed by atoms with Gasteiger partial charge in [-0.25, -0.2) is 8.78 Å². The van der Waals surface area contributed by atoms with E-state index >= 15 is 0 Å². The molecule has 0 heterocycles. The standard InChI is InChI=1S/C15H20F2N2O/c1-19(14-5-3-2-4-13(14)18)15(20)8-10-6-7-11(16)9-12(10)17/h6-7,9,13-14H,2-5,8,18H2,1H3. The molecule has 110 valence electrons. The maximum absolute atomic E-state index is 13.6. The van der Waals surface area contributed by atoms with Gasteiger partial charge in [0.25, 0.3) is 0 Å². The Morgan fingerprint density at radius 2 is 2.05 bits per heavy atom. The van der Waals surface area contributed by atoms with E-state index in [4.69, 9.17) is 5.73 Å². The molecular formula is C15H20F2N2O. The Balaban J connectivity index is 2.03. The van der Waals surface area contributed by atoms with Gasteiger partial charge >= 0.3 is 0 Å². The van der Waals surface area contributed by atoms with Crippen molar-refractivity contribution in [2.24, 2.45) is 5.73 Å². The van der Waals surface area contributed by atoms with Crippen LogP contribution < -0.4 is 5.73 Å². The first kappa shape index (κ1) is 14.9. The molecule has 1 saturated carbocycles. The maximum Gasteiger partial charge on any atom is 0.227 e. The molecule has 0 saturated heterocycles. The number of rotatable bonds is 3. The Hall–Kier alpha value is -1.49. The van der Waals surface area contributed by atoms with Crippen LogP contribution in [-0.4, -0.2) is 29.9 Å². The summed E-state index contributed by atoms with van der Waals surface area (Å²) in [7, 11) is 1.71. The Morgan fingerprint density at radius 3 is 2.70 bits per heavy atom. The van der Waals surface area contributed by atoms with E-state index in [2.05, 4.69) is 0 Å². The highest BCUT2D eigenvalue weighted by Crippen LogP contribution is 2.22. The summed E-state index contributed by atoms with van der Waals surface area (Å²) in [4.78, 5) is 13.8. The zero-order valence-corrected chi connectivity index (χ0v) is 11.6. The molecule has 1 aliphatic carbocycles. The molecule has 5 heteroatoms. The minimum Gasteiger partial charge on any atom is -0.341 e. The van der Waals surface area contributed by atoms with Gasteiger partial charge in [-0.2, -0.15) is 0 Å². The molecule has 2 N–H and O–H groups in total. The molecule has 1 fully saturated rings. The SMILES string of the molecule is CN(C(=O)Cc1ccc(F)cc1F)C1CCCCC1N. The van der Waals surface area contributed by atoms with Crippen LogP contribution in [0.25, 0.3) is 0 Å². The van der Waals surface area contributed by atoms with Crippen molar-refractivity contribution in [3.8, 4) is 0 Å². The van der Waals surface area contributed by atoms with Crippen molar-refractivity contribution in [1.29, 1.82) is 0 Å². The second-order valence-electron chi connectivity index (χ2n) is 5.43. The van der Waals surface area contributed by atoms with E-state index in [0.29, 0.717) is 0 Å². The summed E-state index contributed by atoms with van der Waals surface area (Å²) in [6, 6.07) is 3.28. The first-order valence-corrected chi connectivity index (χ1v) is 6.94. The first-order chi connectivity index (χ1) is 9.49. The van der Waals surface area contributed by atoms with Gasteiger partial charge in [-0.05, 0) is 24.5 Å². The van der Waals surface area contributed by atoms with Crippen LogP contribution in [0.1, 0.15) is 31.2 Å². The number of carbonyl (C=O) groups excluding carboxylic acids is 1. The fourth-order valence-corrected chi connectivity index (χ4v) is 2.76. The minimum absolute atomic E-state index is 0.0137. The number of nitrogens with zero attached hydrogens (tertiary/aromatic N) is 1. The van der Waals surface area contributed by atoms with Crippen LogP contribution in [0.4, 0.5) is 8.78 Å². The smallest absolute Gasteiger partial charge is 0.227 e. The average molecular weight is 282 g/mol. The third-order valence-corrected chi connectivity index (χ3v) is 4.03. The third kappa shape index (κ3) is 3.33. The largest absolute Gasteiger partial charge is 0.341 e. The van der Waals surface area contributed by atoms with Crippen LogP contribution in [0.5, 0.6) is 0 Å². The molecule has 1 aromatic rings. The van der Waals surface area contributed by atoms with Crippen LogP contribution in [0.3, 0.4) is 0 Å². The number of halogens is 2. The molecule has 20 heavy (non-hydrogen) atoms. The Labute approximate surface area is 117 Å². The third-order valence-electron chi connectivity index (χ3n) is 4.03. The number of hydrogen-bond donors (Lipinski definition) is 1. The van der Waals surface area contributed by atoms with Crippen molar-refractivity contribution in [3.05, 3.63) is 35.4 Å². The minimum atomic E-state index is -0.681. The van der Waals surface area contributed by atoms with Gasteiger partial charge in [0, 0.05) is 25.2 Å². The van der Waals surface area contributed by atoms with Crippen molar-refractivity contribution in [2.45, 2.75) is 44.2 Å². The molecule has 0 aliphatic heterocycles. The van der Waals surface area contributed by atoms with Crippen LogP contribution in [0, 0.1) is 11.6 Å². The van der Waals surface area contributed by atoms with Crippen LogP contribution in [0.2, 0.25) is 0 Å². The number of likely N-dealkylation sites (N-methyl/N-ethyl adjacent to an activating group) is 1. The van der Waals surface area contributed by atoms with Gasteiger partial charge in [0.15, 0.2) is 0 Å². The second-order valence-corrected chi connectivity index (χ2v) is 5.43. The number of amides is 1. The zero-order valence-electron chi connectivity index (χ0n) is 11.6. The molecule has 1 aliphatic rings. The highest BCUT2D eigenvalue weighted by molar-refractivity contribution is 5.79. The fourth-order valence-electron chi connectivity index (χ4n) is 2.76. The summed E-state index contributed by atoms with van der Waals surface area (Å²) < 4.78 is 26.4. The highest BCUT2D eigenvalue weighted by atomic mass is 19.1. The molecule has 0 bridgehead atoms. The first-order valence-electron chi connectivity index (χ1n) is 6.94. The number of nitrogens with two attached hydrogens (primary N) is 1. The summed E-state index contributed by atoms with van der Waals surface area (Å²) in [5.41, 5.74) is 6.26. The van der Waals surface area contributed by atoms with E-state index in [9.17, 15) is 13.6 Å². The van der Waals surface area contributed by atoms with Gasteiger partial charge in [-0.15, -0.1) is 0 Å². The van der Waals surface area contributed by atoms with E-state index in [1.54, 1.807) is 11.9 Å². The lowest BCUT2D eigenvalue weighted by molar-refractivity contribution is -0.132. The lowest BCUT2D eigenvalue weighted by Gasteiger charge is -2.36. The predicted molar refractivity (Wildman–Crippen MR) is 73.1 cm³/mol. The summed E-state index contributed by atoms with van der Waals surface area (Å²) in [5, 5.41) is 0. The number of carbonyl (C=O) groups is 1. The molecule has 2 atom stereocenters. The summed E-state index contributed by atoms with van der Waals surface area (Å²) in [6.45, 7) is 0. The van der Waals surface area contributed by atoms with Crippen molar-refractivity contribution in [2.75, 3.05) is 7.05 Å². The van der Waals surface area contributed by atoms with Crippen molar-refractivity contribution < 1.29 is 13.6 Å². The lowest BCUT2D eigenvalue weighted by Crippen LogP contribution is -2.50. The van der Waals surface area contributed by atoms with Gasteiger partial charge < -0.3 is 10.6 Å². The van der Waals surface area contributed by atoms with Gasteiger partial charge in [0.05, 0.1) is 6.42 Å². The van der Waals surface area contributed by atoms with Gasteiger partial charge in [0.2, 0.25) is 5.91 Å². The Bertz CT molecular complexity index is 493. The maximum atomic E-state index is 13.6. The van der Waals surface area contributed by atoms with Gasteiger partial charge in [-0.3, -0.25) is 4.79 Å². The predicted octanol–water partition coefficient (Wildman–Crippen LogP) is 2.24. The van der Waals surface area contributed by atoms with E-state index < -0.39 is 11.6 Å². The molecule has 1 amide bonds. The van der Waals surface area contributed by atoms with Crippen molar-refractivity contribution in [3.63, 3.8) is 0 Å². The van der Waals surface area contributed by atoms with E-state index in [0.717, 1.165) is 37.8 Å². The molecule has 0 spiro atoms. The molecule has 3 nitrogen and oxygen atoms in total. The van der Waals surface area contributed by atoms with E-state index in [1.165, 1.54) is 6.07 Å². The second kappa shape index (κ2) is 6.31. The molecule has 0 aromatic heterocycles. The lowest BCUT2D eigenvalue weighted by atomic mass is 9.90. The van der Waals surface area contributed by atoms with Crippen LogP contribution >= 0.6 is 0 Å². The summed E-state index contributed by atoms with van der Waals surface area (Å²) in [5.74, 6) is -1.50.